The smallest absolute Gasteiger partial charge is 0.322 e. The van der Waals surface area contributed by atoms with Gasteiger partial charge in [0.25, 0.3) is 0 Å². The predicted molar refractivity (Wildman–Crippen MR) is 84.7 cm³/mol. The molecule has 4 heteroatoms. The molecule has 2 aromatic rings. The number of ether oxygens (including phenoxy) is 1. The summed E-state index contributed by atoms with van der Waals surface area (Å²) >= 11 is 0. The molecular weight excluding hydrogens is 262 g/mol. The Hall–Kier alpha value is -1.94. The first-order chi connectivity index (χ1) is 10.2. The number of hydrogen-bond donors (Lipinski definition) is 1. The molecule has 112 valence electrons. The molecule has 1 aromatic carbocycles. The van der Waals surface area contributed by atoms with Gasteiger partial charge in [-0.15, -0.1) is 0 Å². The van der Waals surface area contributed by atoms with E-state index in [1.165, 1.54) is 5.56 Å². The second-order valence-electron chi connectivity index (χ2n) is 5.04. The molecule has 0 amide bonds. The lowest BCUT2D eigenvalue weighted by atomic mass is 10.2. The maximum Gasteiger partial charge on any atom is 0.322 e. The molecule has 0 spiro atoms. The minimum Gasteiger partial charge on any atom is -0.424 e. The van der Waals surface area contributed by atoms with Gasteiger partial charge in [0.15, 0.2) is 0 Å². The van der Waals surface area contributed by atoms with Crippen LogP contribution in [0.15, 0.2) is 30.5 Å². The maximum atomic E-state index is 5.70. The summed E-state index contributed by atoms with van der Waals surface area (Å²) in [6, 6.07) is 8.43. The van der Waals surface area contributed by atoms with Gasteiger partial charge in [0, 0.05) is 24.0 Å². The van der Waals surface area contributed by atoms with Gasteiger partial charge in [0.05, 0.1) is 0 Å². The largest absolute Gasteiger partial charge is 0.424 e. The third-order valence-electron chi connectivity index (χ3n) is 3.34. The summed E-state index contributed by atoms with van der Waals surface area (Å²) in [6.07, 6.45) is 3.98. The fourth-order valence-electron chi connectivity index (χ4n) is 1.99. The van der Waals surface area contributed by atoms with Gasteiger partial charge in [-0.05, 0) is 44.0 Å². The van der Waals surface area contributed by atoms with Crippen LogP contribution in [0.5, 0.6) is 11.8 Å². The molecule has 0 aliphatic heterocycles. The van der Waals surface area contributed by atoms with E-state index < -0.39 is 0 Å². The van der Waals surface area contributed by atoms with Gasteiger partial charge < -0.3 is 10.1 Å². The van der Waals surface area contributed by atoms with Crippen LogP contribution < -0.4 is 10.1 Å². The van der Waals surface area contributed by atoms with Crippen LogP contribution in [0.25, 0.3) is 0 Å². The van der Waals surface area contributed by atoms with Crippen LogP contribution in [0, 0.1) is 6.92 Å². The number of hydrogen-bond acceptors (Lipinski definition) is 4. The number of nitrogens with one attached hydrogen (secondary N) is 1. The molecule has 0 fully saturated rings. The first-order valence-corrected chi connectivity index (χ1v) is 7.53. The Morgan fingerprint density at radius 3 is 2.52 bits per heavy atom. The Balaban J connectivity index is 2.01. The minimum absolute atomic E-state index is 0.399. The SMILES string of the molecule is CCCNCc1cnc(Oc2ccc(CC)cc2)nc1C. The van der Waals surface area contributed by atoms with Gasteiger partial charge in [-0.1, -0.05) is 26.0 Å². The van der Waals surface area contributed by atoms with Gasteiger partial charge >= 0.3 is 6.01 Å². The first-order valence-electron chi connectivity index (χ1n) is 7.53. The van der Waals surface area contributed by atoms with Gasteiger partial charge in [-0.3, -0.25) is 0 Å². The van der Waals surface area contributed by atoms with Crippen LogP contribution in [0.1, 0.15) is 37.1 Å². The van der Waals surface area contributed by atoms with Crippen molar-refractivity contribution in [1.82, 2.24) is 15.3 Å². The molecular formula is C17H23N3O. The zero-order valence-corrected chi connectivity index (χ0v) is 13.0. The van der Waals surface area contributed by atoms with Crippen molar-refractivity contribution in [2.45, 2.75) is 40.2 Å². The highest BCUT2D eigenvalue weighted by atomic mass is 16.5. The summed E-state index contributed by atoms with van der Waals surface area (Å²) in [5, 5.41) is 3.35. The molecule has 0 aliphatic rings. The molecule has 0 atom stereocenters. The average molecular weight is 285 g/mol. The van der Waals surface area contributed by atoms with Crippen LogP contribution in [0.3, 0.4) is 0 Å². The second-order valence-corrected chi connectivity index (χ2v) is 5.04. The molecule has 4 nitrogen and oxygen atoms in total. The summed E-state index contributed by atoms with van der Waals surface area (Å²) < 4.78 is 5.70. The maximum absolute atomic E-state index is 5.70. The third-order valence-corrected chi connectivity index (χ3v) is 3.34. The summed E-state index contributed by atoms with van der Waals surface area (Å²) in [7, 11) is 0. The monoisotopic (exact) mass is 285 g/mol. The van der Waals surface area contributed by atoms with E-state index in [4.69, 9.17) is 4.74 Å². The van der Waals surface area contributed by atoms with E-state index in [1.807, 2.05) is 25.3 Å². The summed E-state index contributed by atoms with van der Waals surface area (Å²) in [4.78, 5) is 8.70. The van der Waals surface area contributed by atoms with Crippen LogP contribution in [0.2, 0.25) is 0 Å². The van der Waals surface area contributed by atoms with Gasteiger partial charge in [0.2, 0.25) is 0 Å². The minimum atomic E-state index is 0.399. The molecule has 0 bridgehead atoms. The van der Waals surface area contributed by atoms with E-state index in [0.717, 1.165) is 42.9 Å². The lowest BCUT2D eigenvalue weighted by Crippen LogP contribution is -2.15. The number of benzene rings is 1. The van der Waals surface area contributed by atoms with E-state index in [0.29, 0.717) is 6.01 Å². The Morgan fingerprint density at radius 1 is 1.14 bits per heavy atom. The zero-order valence-electron chi connectivity index (χ0n) is 13.0. The standard InChI is InChI=1S/C17H23N3O/c1-4-10-18-11-15-12-19-17(20-13(15)3)21-16-8-6-14(5-2)7-9-16/h6-9,12,18H,4-5,10-11H2,1-3H3. The molecule has 0 saturated heterocycles. The number of rotatable bonds is 7. The molecule has 1 heterocycles. The Bertz CT molecular complexity index is 567. The van der Waals surface area contributed by atoms with Gasteiger partial charge in [0.1, 0.15) is 5.75 Å². The fraction of sp³-hybridized carbons (Fsp3) is 0.412. The van der Waals surface area contributed by atoms with E-state index in [9.17, 15) is 0 Å². The quantitative estimate of drug-likeness (QED) is 0.789. The average Bonchev–Trinajstić information content (AvgIpc) is 2.50. The van der Waals surface area contributed by atoms with Crippen molar-refractivity contribution < 1.29 is 4.74 Å². The highest BCUT2D eigenvalue weighted by Gasteiger charge is 2.05. The number of aromatic nitrogens is 2. The predicted octanol–water partition coefficient (Wildman–Crippen LogP) is 3.64. The van der Waals surface area contributed by atoms with Gasteiger partial charge in [-0.2, -0.15) is 4.98 Å². The Morgan fingerprint density at radius 2 is 1.90 bits per heavy atom. The van der Waals surface area contributed by atoms with Crippen molar-refractivity contribution >= 4 is 0 Å². The van der Waals surface area contributed by atoms with Crippen molar-refractivity contribution in [3.63, 3.8) is 0 Å². The molecule has 0 aliphatic carbocycles. The van der Waals surface area contributed by atoms with Crippen molar-refractivity contribution in [3.8, 4) is 11.8 Å². The van der Waals surface area contributed by atoms with E-state index in [-0.39, 0.29) is 0 Å². The Kier molecular flexibility index (Phi) is 5.69. The number of aryl methyl sites for hydroxylation is 2. The topological polar surface area (TPSA) is 47.0 Å². The van der Waals surface area contributed by atoms with Crippen LogP contribution in [-0.4, -0.2) is 16.5 Å². The highest BCUT2D eigenvalue weighted by Crippen LogP contribution is 2.19. The summed E-state index contributed by atoms with van der Waals surface area (Å²) in [5.74, 6) is 0.767. The lowest BCUT2D eigenvalue weighted by molar-refractivity contribution is 0.439. The Labute approximate surface area is 126 Å². The third kappa shape index (κ3) is 4.53. The van der Waals surface area contributed by atoms with Crippen LogP contribution in [-0.2, 0) is 13.0 Å². The highest BCUT2D eigenvalue weighted by molar-refractivity contribution is 5.29. The number of nitrogens with zero attached hydrogens (tertiary/aromatic N) is 2. The molecule has 2 rings (SSSR count). The molecule has 0 saturated carbocycles. The van der Waals surface area contributed by atoms with E-state index >= 15 is 0 Å². The van der Waals surface area contributed by atoms with Crippen molar-refractivity contribution in [2.24, 2.45) is 0 Å². The molecule has 1 N–H and O–H groups in total. The van der Waals surface area contributed by atoms with Crippen molar-refractivity contribution in [1.29, 1.82) is 0 Å². The van der Waals surface area contributed by atoms with E-state index in [1.54, 1.807) is 0 Å². The fourth-order valence-corrected chi connectivity index (χ4v) is 1.99. The van der Waals surface area contributed by atoms with Crippen LogP contribution >= 0.6 is 0 Å². The van der Waals surface area contributed by atoms with Crippen molar-refractivity contribution in [3.05, 3.63) is 47.3 Å². The van der Waals surface area contributed by atoms with Crippen LogP contribution in [0.4, 0.5) is 0 Å². The second kappa shape index (κ2) is 7.74. The van der Waals surface area contributed by atoms with Gasteiger partial charge in [-0.25, -0.2) is 4.98 Å². The zero-order chi connectivity index (χ0) is 15.1. The lowest BCUT2D eigenvalue weighted by Gasteiger charge is -2.09. The first kappa shape index (κ1) is 15.4. The summed E-state index contributed by atoms with van der Waals surface area (Å²) in [5.41, 5.74) is 3.35. The van der Waals surface area contributed by atoms with Crippen molar-refractivity contribution in [2.75, 3.05) is 6.54 Å². The van der Waals surface area contributed by atoms with E-state index in [2.05, 4.69) is 41.3 Å². The molecule has 1 aromatic heterocycles. The normalized spacial score (nSPS) is 10.6. The molecule has 0 radical (unpaired) electrons. The molecule has 0 unspecified atom stereocenters. The molecule has 21 heavy (non-hydrogen) atoms. The summed E-state index contributed by atoms with van der Waals surface area (Å²) in [6.45, 7) is 8.06.